The van der Waals surface area contributed by atoms with Gasteiger partial charge in [0.2, 0.25) is 0 Å². The molecule has 2 saturated heterocycles. The first-order valence-electron chi connectivity index (χ1n) is 11.4. The summed E-state index contributed by atoms with van der Waals surface area (Å²) < 4.78 is 64.3. The molecule has 17 nitrogen and oxygen atoms in total. The van der Waals surface area contributed by atoms with Crippen LogP contribution in [0.15, 0.2) is 11.7 Å². The smallest absolute Gasteiger partial charge is 0.393 e. The molecule has 0 aliphatic carbocycles. The van der Waals surface area contributed by atoms with Crippen molar-refractivity contribution in [2.24, 2.45) is 5.73 Å². The molecule has 2 fully saturated rings. The fourth-order valence-corrected chi connectivity index (χ4v) is 8.25. The van der Waals surface area contributed by atoms with Crippen molar-refractivity contribution in [3.63, 3.8) is 0 Å². The lowest BCUT2D eigenvalue weighted by Gasteiger charge is -2.41. The van der Waals surface area contributed by atoms with Crippen LogP contribution in [0.5, 0.6) is 0 Å². The Morgan fingerprint density at radius 3 is 2.52 bits per heavy atom. The van der Waals surface area contributed by atoms with Crippen LogP contribution < -0.4 is 11.5 Å². The van der Waals surface area contributed by atoms with Crippen LogP contribution in [-0.2, 0) is 32.0 Å². The van der Waals surface area contributed by atoms with Gasteiger partial charge < -0.3 is 51.4 Å². The number of hydrogen-bond donors (Lipinski definition) is 9. The normalized spacial score (nSPS) is 36.8. The van der Waals surface area contributed by atoms with Crippen LogP contribution in [0.25, 0.3) is 10.2 Å². The molecule has 0 bridgehead atoms. The number of aromatic nitrogens is 2. The molecule has 226 valence electrons. The summed E-state index contributed by atoms with van der Waals surface area (Å²) in [6.07, 6.45) is -15.0. The van der Waals surface area contributed by atoms with Gasteiger partial charge in [-0.2, -0.15) is 4.31 Å². The fourth-order valence-electron chi connectivity index (χ4n) is 4.11. The molecule has 4 heterocycles. The highest BCUT2D eigenvalue weighted by Gasteiger charge is 2.51. The van der Waals surface area contributed by atoms with E-state index in [1.807, 2.05) is 0 Å². The number of aliphatic hydroxyl groups is 5. The number of fused-ring (bicyclic) bond motifs is 1. The maximum atomic E-state index is 13.9. The van der Waals surface area contributed by atoms with E-state index in [4.69, 9.17) is 30.6 Å². The first kappa shape index (κ1) is 32.0. The summed E-state index contributed by atoms with van der Waals surface area (Å²) in [6, 6.07) is -1.08. The zero-order chi connectivity index (χ0) is 29.6. The lowest BCUT2D eigenvalue weighted by molar-refractivity contribution is -0.287. The van der Waals surface area contributed by atoms with Gasteiger partial charge in [0.05, 0.1) is 29.5 Å². The summed E-state index contributed by atoms with van der Waals surface area (Å²) in [6.45, 7) is -6.56. The third-order valence-corrected chi connectivity index (χ3v) is 10.8. The van der Waals surface area contributed by atoms with Crippen LogP contribution in [0.4, 0.5) is 10.2 Å². The van der Waals surface area contributed by atoms with E-state index < -0.39 is 89.1 Å². The molecule has 40 heavy (non-hydrogen) atoms. The van der Waals surface area contributed by atoms with Crippen molar-refractivity contribution < 1.29 is 66.8 Å². The maximum absolute atomic E-state index is 13.9. The molecule has 10 N–H and O–H groups in total. The lowest BCUT2D eigenvalue weighted by atomic mass is 9.96. The second kappa shape index (κ2) is 12.4. The summed E-state index contributed by atoms with van der Waals surface area (Å²) in [7, 11) is -5.48. The topological polar surface area (TPSA) is 279 Å². The number of nitrogens with zero attached hydrogens (tertiary/aromatic N) is 2. The van der Waals surface area contributed by atoms with Crippen molar-refractivity contribution in [3.8, 4) is 0 Å². The quantitative estimate of drug-likeness (QED) is 0.107. The van der Waals surface area contributed by atoms with Gasteiger partial charge in [0, 0.05) is 5.56 Å². The molecular formula is C18H27FN4O13P2S2. The number of thiol groups is 1. The molecule has 2 aliphatic rings. The Morgan fingerprint density at radius 1 is 1.15 bits per heavy atom. The first-order valence-corrected chi connectivity index (χ1v) is 16.4. The predicted octanol–water partition coefficient (Wildman–Crippen LogP) is -1.27. The summed E-state index contributed by atoms with van der Waals surface area (Å²) in [5.74, 6) is 0.229. The zero-order valence-corrected chi connectivity index (χ0v) is 23.6. The van der Waals surface area contributed by atoms with Crippen molar-refractivity contribution in [1.29, 1.82) is 0 Å². The SMILES string of the molecule is Nc1ncnc2c([C@@H]3O[C@H](COP(=O)(S)OP(=O)(O)OC4OC([C@@H](F)CO)C(O)C(O)C4O)[C@@H](N)[C@H]3O)csc12. The van der Waals surface area contributed by atoms with E-state index in [2.05, 4.69) is 31.1 Å². The molecule has 7 unspecified atom stereocenters. The number of aliphatic hydroxyl groups excluding tert-OH is 5. The second-order valence-electron chi connectivity index (χ2n) is 8.85. The highest BCUT2D eigenvalue weighted by atomic mass is 32.7. The number of anilines is 1. The minimum Gasteiger partial charge on any atom is -0.393 e. The van der Waals surface area contributed by atoms with E-state index in [0.29, 0.717) is 15.8 Å². The monoisotopic (exact) mass is 652 g/mol. The molecule has 2 aromatic heterocycles. The molecular weight excluding hydrogens is 625 g/mol. The fraction of sp³-hybridized carbons (Fsp3) is 0.667. The summed E-state index contributed by atoms with van der Waals surface area (Å²) in [5.41, 5.74) is 12.8. The van der Waals surface area contributed by atoms with Gasteiger partial charge in [-0.1, -0.05) is 12.2 Å². The van der Waals surface area contributed by atoms with Crippen LogP contribution in [0.2, 0.25) is 0 Å². The maximum Gasteiger partial charge on any atom is 0.482 e. The predicted molar refractivity (Wildman–Crippen MR) is 137 cm³/mol. The summed E-state index contributed by atoms with van der Waals surface area (Å²) in [4.78, 5) is 18.1. The molecule has 0 amide bonds. The van der Waals surface area contributed by atoms with Gasteiger partial charge in [-0.25, -0.2) is 23.5 Å². The summed E-state index contributed by atoms with van der Waals surface area (Å²) >= 11 is 4.83. The summed E-state index contributed by atoms with van der Waals surface area (Å²) in [5, 5.41) is 51.0. The Labute approximate surface area is 234 Å². The van der Waals surface area contributed by atoms with Gasteiger partial charge in [-0.3, -0.25) is 9.05 Å². The number of hydrogen-bond acceptors (Lipinski definition) is 17. The first-order chi connectivity index (χ1) is 18.7. The van der Waals surface area contributed by atoms with Crippen LogP contribution in [0.3, 0.4) is 0 Å². The van der Waals surface area contributed by atoms with Crippen LogP contribution in [0.1, 0.15) is 11.7 Å². The van der Waals surface area contributed by atoms with E-state index >= 15 is 0 Å². The second-order valence-corrected chi connectivity index (χ2v) is 14.2. The Balaban J connectivity index is 1.38. The number of alkyl halides is 1. The van der Waals surface area contributed by atoms with Crippen LogP contribution in [0, 0.1) is 0 Å². The number of thiophene rings is 1. The lowest BCUT2D eigenvalue weighted by Crippen LogP contribution is -2.60. The standard InChI is InChI=1S/C18H27FN4O13P2S2/c19-6(1-24)15-12(27)11(26)13(28)18(34-15)35-37(29,30)36-38(31,39)32-2-7-8(20)10(25)14(33-7)5-3-40-16-9(5)22-4-23-17(16)21/h3-4,6-8,10-15,18,24-28H,1-2,20H2,(H,29,30)(H,31,39)(H2,21,22,23)/t6-,7+,8+,10+,11?,12?,13?,14-,15?,18?,38?/m0/s1. The third kappa shape index (κ3) is 6.68. The van der Waals surface area contributed by atoms with E-state index in [-0.39, 0.29) is 5.82 Å². The third-order valence-electron chi connectivity index (χ3n) is 6.15. The average Bonchev–Trinajstić information content (AvgIpc) is 3.43. The molecule has 0 saturated carbocycles. The number of phosphoric acid groups is 1. The van der Waals surface area contributed by atoms with Gasteiger partial charge in [-0.15, -0.1) is 11.3 Å². The van der Waals surface area contributed by atoms with E-state index in [1.165, 1.54) is 17.7 Å². The molecule has 2 aromatic rings. The number of nitrogen functional groups attached to an aromatic ring is 1. The molecule has 2 aliphatic heterocycles. The van der Waals surface area contributed by atoms with Gasteiger partial charge in [0.25, 0.3) is 0 Å². The van der Waals surface area contributed by atoms with Crippen molar-refractivity contribution in [2.45, 2.75) is 61.2 Å². The number of nitrogens with two attached hydrogens (primary N) is 2. The highest BCUT2D eigenvalue weighted by Crippen LogP contribution is 2.66. The molecule has 12 atom stereocenters. The minimum atomic E-state index is -5.48. The van der Waals surface area contributed by atoms with E-state index in [1.54, 1.807) is 5.38 Å². The van der Waals surface area contributed by atoms with Crippen molar-refractivity contribution in [1.82, 2.24) is 9.97 Å². The van der Waals surface area contributed by atoms with Gasteiger partial charge in [-0.05, 0) is 5.38 Å². The van der Waals surface area contributed by atoms with Gasteiger partial charge >= 0.3 is 14.6 Å². The van der Waals surface area contributed by atoms with Crippen molar-refractivity contribution in [2.75, 3.05) is 18.9 Å². The Hall–Kier alpha value is -0.900. The van der Waals surface area contributed by atoms with E-state index in [9.17, 15) is 38.8 Å². The Bertz CT molecular complexity index is 1300. The zero-order valence-electron chi connectivity index (χ0n) is 20.1. The van der Waals surface area contributed by atoms with Gasteiger partial charge in [0.1, 0.15) is 54.9 Å². The van der Waals surface area contributed by atoms with Crippen molar-refractivity contribution >= 4 is 54.2 Å². The number of ether oxygens (including phenoxy) is 2. The molecule has 0 radical (unpaired) electrons. The molecule has 22 heteroatoms. The van der Waals surface area contributed by atoms with Crippen LogP contribution >= 0.6 is 38.2 Å². The minimum absolute atomic E-state index is 0.229. The number of rotatable bonds is 10. The molecule has 0 aromatic carbocycles. The number of phosphoric ester groups is 1. The average molecular weight is 653 g/mol. The van der Waals surface area contributed by atoms with Crippen molar-refractivity contribution in [3.05, 3.63) is 17.3 Å². The Kier molecular flexibility index (Phi) is 9.91. The molecule has 4 rings (SSSR count). The number of halogens is 1. The largest absolute Gasteiger partial charge is 0.482 e. The molecule has 0 spiro atoms. The van der Waals surface area contributed by atoms with Crippen LogP contribution in [-0.4, -0.2) is 109 Å². The van der Waals surface area contributed by atoms with E-state index in [0.717, 1.165) is 0 Å². The Morgan fingerprint density at radius 2 is 1.85 bits per heavy atom. The highest BCUT2D eigenvalue weighted by molar-refractivity contribution is 8.45. The van der Waals surface area contributed by atoms with Gasteiger partial charge in [0.15, 0.2) is 12.5 Å².